The molecule has 6 aromatic rings. The third-order valence-electron chi connectivity index (χ3n) is 12.7. The van der Waals surface area contributed by atoms with Crippen molar-refractivity contribution in [3.05, 3.63) is 188 Å². The van der Waals surface area contributed by atoms with Crippen LogP contribution in [0.25, 0.3) is 34.4 Å². The van der Waals surface area contributed by atoms with Crippen molar-refractivity contribution in [3.8, 4) is 22.3 Å². The van der Waals surface area contributed by atoms with Gasteiger partial charge in [0.1, 0.15) is 0 Å². The van der Waals surface area contributed by atoms with Gasteiger partial charge in [-0.1, -0.05) is 0 Å². The fourth-order valence-electron chi connectivity index (χ4n) is 10.2. The molecule has 1 fully saturated rings. The second kappa shape index (κ2) is 11.7. The molecule has 3 aliphatic rings. The monoisotopic (exact) mass is 828 g/mol. The molecular weight excluding hydrogens is 783 g/mol. The van der Waals surface area contributed by atoms with E-state index >= 15 is 0 Å². The van der Waals surface area contributed by atoms with E-state index in [1.807, 2.05) is 0 Å². The number of hydrogen-bond acceptors (Lipinski definition) is 0. The molecule has 0 N–H and O–H groups in total. The number of allylic oxidation sites excluding steroid dienone is 2. The Hall–Kier alpha value is -4.11. The van der Waals surface area contributed by atoms with Crippen molar-refractivity contribution in [3.63, 3.8) is 0 Å². The Bertz CT molecular complexity index is 2230. The van der Waals surface area contributed by atoms with Gasteiger partial charge in [0.15, 0.2) is 0 Å². The minimum atomic E-state index is -3.33. The Morgan fingerprint density at radius 3 is 1.22 bits per heavy atom. The molecule has 0 nitrogen and oxygen atoms in total. The molecule has 2 heteroatoms. The summed E-state index contributed by atoms with van der Waals surface area (Å²) in [5, 5.41) is 6.50. The van der Waals surface area contributed by atoms with E-state index in [1.165, 1.54) is 66.0 Å². The van der Waals surface area contributed by atoms with Crippen LogP contribution in [0.2, 0.25) is 9.36 Å². The number of fused-ring (bicyclic) bond motifs is 6. The van der Waals surface area contributed by atoms with Gasteiger partial charge in [0, 0.05) is 0 Å². The molecule has 2 atom stereocenters. The summed E-state index contributed by atoms with van der Waals surface area (Å²) in [7, 11) is -2.70. The normalized spacial score (nSPS) is 19.2. The van der Waals surface area contributed by atoms with Crippen molar-refractivity contribution in [1.29, 1.82) is 0 Å². The molecule has 1 heterocycles. The molecule has 244 valence electrons. The Balaban J connectivity index is 1.41. The molecular formula is C48H44HfSi. The fraction of sp³-hybridized carbons (Fsp3) is 0.167. The fourth-order valence-corrected chi connectivity index (χ4v) is 41.3. The van der Waals surface area contributed by atoms with Gasteiger partial charge in [0.25, 0.3) is 0 Å². The van der Waals surface area contributed by atoms with Gasteiger partial charge in [-0.3, -0.25) is 0 Å². The molecule has 2 unspecified atom stereocenters. The van der Waals surface area contributed by atoms with Crippen molar-refractivity contribution in [2.24, 2.45) is 0 Å². The van der Waals surface area contributed by atoms with Gasteiger partial charge in [-0.15, -0.1) is 0 Å². The Kier molecular flexibility index (Phi) is 7.46. The van der Waals surface area contributed by atoms with Crippen LogP contribution in [0.4, 0.5) is 0 Å². The van der Waals surface area contributed by atoms with Gasteiger partial charge < -0.3 is 0 Å². The molecule has 0 bridgehead atoms. The third kappa shape index (κ3) is 4.37. The van der Waals surface area contributed by atoms with Crippen LogP contribution in [0, 0.1) is 27.7 Å². The van der Waals surface area contributed by atoms with Crippen LogP contribution >= 0.6 is 0 Å². The zero-order valence-corrected chi connectivity index (χ0v) is 34.6. The second-order valence-electron chi connectivity index (χ2n) is 15.5. The van der Waals surface area contributed by atoms with E-state index in [2.05, 4.69) is 183 Å². The van der Waals surface area contributed by atoms with Gasteiger partial charge in [-0.2, -0.15) is 0 Å². The standard InChI is InChI=1S/C46H38Si.2CH3.Hf/c1-31-15-11-23-41(33(31)3)43-25-13-17-35-27-39(29-45(35)43)47(37-19-7-5-8-20-37,38-21-9-6-10-22-38)40-28-36-18-14-26-44(46(36)30-40)42-24-12-16-32(2)34(42)4;;;/h5-30H,1-4H3;2*1H3;. The maximum atomic E-state index is 2.79. The number of hydrogen-bond donors (Lipinski definition) is 0. The van der Waals surface area contributed by atoms with Crippen LogP contribution in [0.5, 0.6) is 0 Å². The summed E-state index contributed by atoms with van der Waals surface area (Å²) in [6.45, 7) is 9.10. The summed E-state index contributed by atoms with van der Waals surface area (Å²) >= 11 is -3.33. The summed E-state index contributed by atoms with van der Waals surface area (Å²) in [6.07, 6.45) is 5.47. The molecule has 0 saturated carbocycles. The predicted octanol–water partition coefficient (Wildman–Crippen LogP) is 11.4. The van der Waals surface area contributed by atoms with Crippen LogP contribution < -0.4 is 10.4 Å². The molecule has 2 aliphatic carbocycles. The topological polar surface area (TPSA) is 0 Å². The average molecular weight is 827 g/mol. The van der Waals surface area contributed by atoms with E-state index in [-0.39, 0.29) is 0 Å². The van der Waals surface area contributed by atoms with E-state index in [1.54, 1.807) is 21.5 Å². The first kappa shape index (κ1) is 31.8. The first-order valence-electron chi connectivity index (χ1n) is 18.2. The van der Waals surface area contributed by atoms with E-state index in [0.29, 0.717) is 7.35 Å². The Morgan fingerprint density at radius 1 is 0.420 bits per heavy atom. The van der Waals surface area contributed by atoms with E-state index in [9.17, 15) is 0 Å². The number of benzene rings is 6. The first-order chi connectivity index (χ1) is 24.2. The van der Waals surface area contributed by atoms with Crippen LogP contribution in [-0.4, -0.2) is 8.07 Å². The molecule has 0 amide bonds. The molecule has 1 saturated heterocycles. The zero-order chi connectivity index (χ0) is 34.4. The van der Waals surface area contributed by atoms with Crippen molar-refractivity contribution in [1.82, 2.24) is 0 Å². The summed E-state index contributed by atoms with van der Waals surface area (Å²) in [5.41, 5.74) is 17.2. The van der Waals surface area contributed by atoms with Crippen LogP contribution in [-0.2, 0) is 20.0 Å². The molecule has 6 aromatic carbocycles. The second-order valence-corrected chi connectivity index (χ2v) is 36.5. The van der Waals surface area contributed by atoms with Gasteiger partial charge in [-0.25, -0.2) is 0 Å². The quantitative estimate of drug-likeness (QED) is 0.155. The van der Waals surface area contributed by atoms with Gasteiger partial charge in [0.05, 0.1) is 0 Å². The van der Waals surface area contributed by atoms with Crippen molar-refractivity contribution in [2.75, 3.05) is 0 Å². The van der Waals surface area contributed by atoms with Gasteiger partial charge in [0.2, 0.25) is 0 Å². The summed E-state index contributed by atoms with van der Waals surface area (Å²) in [5.74, 6) is 0. The van der Waals surface area contributed by atoms with Crippen molar-refractivity contribution >= 4 is 30.6 Å². The molecule has 9 rings (SSSR count). The van der Waals surface area contributed by atoms with E-state index in [4.69, 9.17) is 0 Å². The molecule has 0 radical (unpaired) electrons. The van der Waals surface area contributed by atoms with E-state index < -0.39 is 28.0 Å². The van der Waals surface area contributed by atoms with Gasteiger partial charge >= 0.3 is 306 Å². The third-order valence-corrected chi connectivity index (χ3v) is 34.9. The molecule has 1 aliphatic heterocycles. The summed E-state index contributed by atoms with van der Waals surface area (Å²) < 4.78 is 6.59. The van der Waals surface area contributed by atoms with Crippen LogP contribution in [0.3, 0.4) is 0 Å². The van der Waals surface area contributed by atoms with Crippen LogP contribution in [0.1, 0.15) is 51.9 Å². The summed E-state index contributed by atoms with van der Waals surface area (Å²) in [6, 6.07) is 51.6. The zero-order valence-electron chi connectivity index (χ0n) is 30.0. The Labute approximate surface area is 303 Å². The minimum absolute atomic E-state index is 0.507. The number of rotatable bonds is 4. The SMILES string of the molecule is Cc1cccc(-c2cccc3c2C=C2[CH]3[Hf]([CH3])([CH3])[CH]3C(=Cc4c(-c5cccc(C)c5C)cccc43)[Si]2(c2ccccc2)c2ccccc2)c1C. The molecule has 50 heavy (non-hydrogen) atoms. The van der Waals surface area contributed by atoms with Crippen molar-refractivity contribution in [2.45, 2.75) is 44.4 Å². The molecule has 0 spiro atoms. The first-order valence-corrected chi connectivity index (χ1v) is 31.5. The van der Waals surface area contributed by atoms with Crippen molar-refractivity contribution < 1.29 is 20.0 Å². The van der Waals surface area contributed by atoms with Gasteiger partial charge in [-0.05, 0) is 0 Å². The Morgan fingerprint density at radius 2 is 0.800 bits per heavy atom. The maximum absolute atomic E-state index is 3.33. The summed E-state index contributed by atoms with van der Waals surface area (Å²) in [4.78, 5) is 0. The van der Waals surface area contributed by atoms with Crippen LogP contribution in [0.15, 0.2) is 144 Å². The average Bonchev–Trinajstić information content (AvgIpc) is 3.73. The molecule has 0 aromatic heterocycles. The number of aryl methyl sites for hydroxylation is 2. The van der Waals surface area contributed by atoms with E-state index in [0.717, 1.165) is 0 Å². The predicted molar refractivity (Wildman–Crippen MR) is 214 cm³/mol.